The second-order valence-electron chi connectivity index (χ2n) is 14.5. The van der Waals surface area contributed by atoms with Gasteiger partial charge in [0.15, 0.2) is 0 Å². The third-order valence-corrected chi connectivity index (χ3v) is 11.5. The number of benzene rings is 2. The maximum Gasteiger partial charge on any atom is 0.220 e. The molecule has 2 aromatic carbocycles. The molecule has 270 valence electrons. The molecule has 4 aliphatic rings. The predicted molar refractivity (Wildman–Crippen MR) is 192 cm³/mol. The summed E-state index contributed by atoms with van der Waals surface area (Å²) in [5.74, 6) is -0.0721. The molecule has 0 aliphatic carbocycles. The van der Waals surface area contributed by atoms with Crippen molar-refractivity contribution in [3.05, 3.63) is 81.6 Å². The number of pyridine rings is 2. The van der Waals surface area contributed by atoms with Crippen molar-refractivity contribution < 1.29 is 27.8 Å². The molecule has 6 heterocycles. The normalized spacial score (nSPS) is 19.0. The molecule has 52 heavy (non-hydrogen) atoms. The van der Waals surface area contributed by atoms with Gasteiger partial charge in [-0.3, -0.25) is 29.4 Å². The van der Waals surface area contributed by atoms with Crippen molar-refractivity contribution in [1.82, 2.24) is 30.4 Å². The first kappa shape index (κ1) is 34.7. The molecule has 4 aliphatic heterocycles. The lowest BCUT2D eigenvalue weighted by Crippen LogP contribution is -2.56. The average Bonchev–Trinajstić information content (AvgIpc) is 3.69. The van der Waals surface area contributed by atoms with E-state index in [1.54, 1.807) is 36.7 Å². The van der Waals surface area contributed by atoms with Crippen LogP contribution in [-0.2, 0) is 22.7 Å². The lowest BCUT2D eigenvalue weighted by atomic mass is 9.78. The zero-order valence-electron chi connectivity index (χ0n) is 28.6. The van der Waals surface area contributed by atoms with Gasteiger partial charge in [-0.1, -0.05) is 23.2 Å². The van der Waals surface area contributed by atoms with Crippen LogP contribution in [0.4, 0.5) is 8.78 Å². The van der Waals surface area contributed by atoms with E-state index in [0.29, 0.717) is 121 Å². The molecule has 8 rings (SSSR count). The van der Waals surface area contributed by atoms with Gasteiger partial charge in [0.1, 0.15) is 23.1 Å². The van der Waals surface area contributed by atoms with E-state index < -0.39 is 11.6 Å². The number of amides is 2. The van der Waals surface area contributed by atoms with E-state index in [2.05, 4.69) is 30.4 Å². The standard InChI is InChI=1S/C38H36Cl2F2N6O4/c1-51-29-9-21(7-27(41)25(29)13-47-17-37(18-47)11-31(49)45-15-37)35-33(39)23(3-5-43-35)24-4-6-44-36(34(24)40)22-8-28(42)26(30(10-22)52-2)14-48-19-38(20-48)12-32(50)46-16-38/h3-10H,11-20H2,1-2H3,(H,45,49)(H,46,50). The summed E-state index contributed by atoms with van der Waals surface area (Å²) in [5.41, 5.74) is 3.25. The van der Waals surface area contributed by atoms with Gasteiger partial charge in [-0.2, -0.15) is 0 Å². The summed E-state index contributed by atoms with van der Waals surface area (Å²) < 4.78 is 42.8. The molecule has 0 unspecified atom stereocenters. The van der Waals surface area contributed by atoms with Crippen LogP contribution in [0.25, 0.3) is 33.6 Å². The van der Waals surface area contributed by atoms with E-state index in [-0.39, 0.29) is 32.7 Å². The first-order valence-electron chi connectivity index (χ1n) is 17.0. The number of rotatable bonds is 9. The fourth-order valence-corrected chi connectivity index (χ4v) is 8.94. The van der Waals surface area contributed by atoms with Crippen molar-refractivity contribution in [1.29, 1.82) is 0 Å². The third kappa shape index (κ3) is 6.15. The van der Waals surface area contributed by atoms with Crippen molar-refractivity contribution in [2.75, 3.05) is 53.5 Å². The SMILES string of the molecule is COc1cc(-c2nccc(-c3ccnc(-c4cc(F)c(CN5CC6(CNC(=O)C6)C5)c(OC)c4)c3Cl)c2Cl)cc(F)c1CN1CC2(CNC(=O)C2)C1. The zero-order chi connectivity index (χ0) is 36.4. The number of aromatic nitrogens is 2. The van der Waals surface area contributed by atoms with Gasteiger partial charge in [-0.05, 0) is 36.4 Å². The maximum atomic E-state index is 15.8. The number of nitrogens with one attached hydrogen (secondary N) is 2. The van der Waals surface area contributed by atoms with Gasteiger partial charge in [0.05, 0.1) is 35.7 Å². The summed E-state index contributed by atoms with van der Waals surface area (Å²) >= 11 is 14.0. The fraction of sp³-hybridized carbons (Fsp3) is 0.368. The molecule has 0 atom stereocenters. The Labute approximate surface area is 309 Å². The molecule has 4 saturated heterocycles. The van der Waals surface area contributed by atoms with Crippen molar-refractivity contribution in [3.63, 3.8) is 0 Å². The lowest BCUT2D eigenvalue weighted by molar-refractivity contribution is -0.121. The number of methoxy groups -OCH3 is 2. The van der Waals surface area contributed by atoms with Gasteiger partial charge in [-0.15, -0.1) is 0 Å². The second kappa shape index (κ2) is 13.2. The number of carbonyl (C=O) groups is 2. The van der Waals surface area contributed by atoms with Crippen LogP contribution in [0, 0.1) is 22.5 Å². The van der Waals surface area contributed by atoms with E-state index in [1.165, 1.54) is 26.4 Å². The number of nitrogens with zero attached hydrogens (tertiary/aromatic N) is 4. The summed E-state index contributed by atoms with van der Waals surface area (Å²) in [6, 6.07) is 9.63. The molecular weight excluding hydrogens is 713 g/mol. The number of ether oxygens (including phenoxy) is 2. The predicted octanol–water partition coefficient (Wildman–Crippen LogP) is 5.72. The van der Waals surface area contributed by atoms with Crippen LogP contribution < -0.4 is 20.1 Å². The highest BCUT2D eigenvalue weighted by Gasteiger charge is 2.49. The Kier molecular flexibility index (Phi) is 8.84. The van der Waals surface area contributed by atoms with Crippen LogP contribution in [0.2, 0.25) is 10.0 Å². The van der Waals surface area contributed by atoms with Crippen molar-refractivity contribution in [3.8, 4) is 45.1 Å². The van der Waals surface area contributed by atoms with Crippen LogP contribution in [0.5, 0.6) is 11.5 Å². The molecule has 2 amide bonds. The molecule has 0 saturated carbocycles. The van der Waals surface area contributed by atoms with Crippen molar-refractivity contribution in [2.24, 2.45) is 10.8 Å². The number of halogens is 4. The molecule has 2 spiro atoms. The van der Waals surface area contributed by atoms with Gasteiger partial charge >= 0.3 is 0 Å². The minimum atomic E-state index is -0.456. The first-order valence-corrected chi connectivity index (χ1v) is 17.8. The van der Waals surface area contributed by atoms with Crippen LogP contribution in [0.1, 0.15) is 24.0 Å². The topological polar surface area (TPSA) is 109 Å². The second-order valence-corrected chi connectivity index (χ2v) is 15.3. The van der Waals surface area contributed by atoms with Crippen molar-refractivity contribution in [2.45, 2.75) is 25.9 Å². The molecule has 0 radical (unpaired) electrons. The van der Waals surface area contributed by atoms with E-state index >= 15 is 8.78 Å². The fourth-order valence-electron chi connectivity index (χ4n) is 8.30. The van der Waals surface area contributed by atoms with Gasteiger partial charge < -0.3 is 20.1 Å². The summed E-state index contributed by atoms with van der Waals surface area (Å²) in [6.07, 6.45) is 4.12. The lowest BCUT2D eigenvalue weighted by Gasteiger charge is -2.47. The molecule has 14 heteroatoms. The minimum absolute atomic E-state index is 0.0567. The minimum Gasteiger partial charge on any atom is -0.496 e. The Balaban J connectivity index is 1.05. The number of carbonyl (C=O) groups excluding carboxylic acids is 2. The Morgan fingerprint density at radius 1 is 0.712 bits per heavy atom. The first-order chi connectivity index (χ1) is 25.0. The number of hydrogen-bond acceptors (Lipinski definition) is 8. The number of hydrogen-bond donors (Lipinski definition) is 2. The summed E-state index contributed by atoms with van der Waals surface area (Å²) in [6.45, 7) is 4.77. The largest absolute Gasteiger partial charge is 0.496 e. The van der Waals surface area contributed by atoms with Gasteiger partial charge in [0.25, 0.3) is 0 Å². The molecule has 2 aromatic heterocycles. The molecule has 4 fully saturated rings. The smallest absolute Gasteiger partial charge is 0.220 e. The molecule has 2 N–H and O–H groups in total. The quantitative estimate of drug-likeness (QED) is 0.224. The monoisotopic (exact) mass is 748 g/mol. The van der Waals surface area contributed by atoms with E-state index in [0.717, 1.165) is 0 Å². The van der Waals surface area contributed by atoms with E-state index in [1.807, 2.05) is 0 Å². The highest BCUT2D eigenvalue weighted by atomic mass is 35.5. The number of likely N-dealkylation sites (tertiary alicyclic amines) is 2. The zero-order valence-corrected chi connectivity index (χ0v) is 30.1. The highest BCUT2D eigenvalue weighted by molar-refractivity contribution is 6.39. The van der Waals surface area contributed by atoms with E-state index in [4.69, 9.17) is 32.7 Å². The molecule has 4 aromatic rings. The third-order valence-electron chi connectivity index (χ3n) is 10.8. The summed E-state index contributed by atoms with van der Waals surface area (Å²) in [4.78, 5) is 36.7. The highest BCUT2D eigenvalue weighted by Crippen LogP contribution is 2.44. The maximum absolute atomic E-state index is 15.8. The summed E-state index contributed by atoms with van der Waals surface area (Å²) in [5, 5.41) is 6.26. The Bertz CT molecular complexity index is 1970. The summed E-state index contributed by atoms with van der Waals surface area (Å²) in [7, 11) is 2.98. The Morgan fingerprint density at radius 3 is 1.46 bits per heavy atom. The van der Waals surface area contributed by atoms with Crippen LogP contribution in [0.15, 0.2) is 48.8 Å². The average molecular weight is 750 g/mol. The Hall–Kier alpha value is -4.36. The van der Waals surface area contributed by atoms with Crippen molar-refractivity contribution >= 4 is 35.0 Å². The van der Waals surface area contributed by atoms with Gasteiger partial charge in [0, 0.05) is 122 Å². The molecule has 10 nitrogen and oxygen atoms in total. The van der Waals surface area contributed by atoms with E-state index in [9.17, 15) is 9.59 Å². The molecule has 0 bridgehead atoms. The molecular formula is C38H36Cl2F2N6O4. The van der Waals surface area contributed by atoms with Crippen LogP contribution in [-0.4, -0.2) is 85.1 Å². The van der Waals surface area contributed by atoms with Crippen LogP contribution >= 0.6 is 23.2 Å². The van der Waals surface area contributed by atoms with Gasteiger partial charge in [-0.25, -0.2) is 8.78 Å². The van der Waals surface area contributed by atoms with Crippen LogP contribution in [0.3, 0.4) is 0 Å². The Morgan fingerprint density at radius 2 is 1.12 bits per heavy atom. The van der Waals surface area contributed by atoms with Gasteiger partial charge in [0.2, 0.25) is 11.8 Å².